The fourth-order valence-corrected chi connectivity index (χ4v) is 4.61. The van der Waals surface area contributed by atoms with E-state index in [1.807, 2.05) is 30.6 Å². The molecule has 37 heavy (non-hydrogen) atoms. The highest BCUT2D eigenvalue weighted by Crippen LogP contribution is 2.32. The number of benzene rings is 1. The number of nitrogens with zero attached hydrogens (tertiary/aromatic N) is 1. The van der Waals surface area contributed by atoms with Crippen molar-refractivity contribution in [1.82, 2.24) is 5.32 Å². The number of carbonyl (C=O) groups excluding carboxylic acids is 1. The van der Waals surface area contributed by atoms with Gasteiger partial charge in [-0.15, -0.1) is 0 Å². The Morgan fingerprint density at radius 3 is 1.92 bits per heavy atom. The molecule has 0 atom stereocenters. The molecule has 0 aliphatic carbocycles. The fourth-order valence-electron chi connectivity index (χ4n) is 4.61. The van der Waals surface area contributed by atoms with Gasteiger partial charge in [-0.3, -0.25) is 4.79 Å². The Labute approximate surface area is 227 Å². The minimum atomic E-state index is -0.102. The van der Waals surface area contributed by atoms with Gasteiger partial charge in [0.05, 0.1) is 6.61 Å². The van der Waals surface area contributed by atoms with Gasteiger partial charge in [0.1, 0.15) is 12.3 Å². The van der Waals surface area contributed by atoms with Crippen LogP contribution in [-0.4, -0.2) is 12.5 Å². The zero-order chi connectivity index (χ0) is 26.9. The molecule has 0 aliphatic rings. The maximum atomic E-state index is 12.9. The van der Waals surface area contributed by atoms with E-state index in [1.54, 1.807) is 0 Å². The van der Waals surface area contributed by atoms with Crippen LogP contribution < -0.4 is 14.6 Å². The van der Waals surface area contributed by atoms with Gasteiger partial charge in [-0.05, 0) is 42.5 Å². The SMILES string of the molecule is CCCCCCCCCCCCCCOc1ccc(C(=O)NCc2cc[n+](CC)cc2)cc1C(C)(C)C. The lowest BCUT2D eigenvalue weighted by molar-refractivity contribution is -0.693. The van der Waals surface area contributed by atoms with Crippen molar-refractivity contribution in [2.75, 3.05) is 6.61 Å². The summed E-state index contributed by atoms with van der Waals surface area (Å²) in [6.07, 6.45) is 20.2. The maximum Gasteiger partial charge on any atom is 0.251 e. The van der Waals surface area contributed by atoms with Crippen molar-refractivity contribution in [3.8, 4) is 5.75 Å². The van der Waals surface area contributed by atoms with Gasteiger partial charge in [0, 0.05) is 29.8 Å². The largest absolute Gasteiger partial charge is 0.493 e. The Morgan fingerprint density at radius 2 is 1.38 bits per heavy atom. The molecular formula is C33H53N2O2+. The first-order valence-electron chi connectivity index (χ1n) is 14.9. The van der Waals surface area contributed by atoms with E-state index in [2.05, 4.69) is 56.6 Å². The number of rotatable bonds is 18. The van der Waals surface area contributed by atoms with E-state index < -0.39 is 0 Å². The number of unbranched alkanes of at least 4 members (excludes halogenated alkanes) is 11. The van der Waals surface area contributed by atoms with Gasteiger partial charge in [0.25, 0.3) is 5.91 Å². The monoisotopic (exact) mass is 509 g/mol. The molecule has 2 aromatic rings. The number of aryl methyl sites for hydroxylation is 1. The van der Waals surface area contributed by atoms with E-state index >= 15 is 0 Å². The Bertz CT molecular complexity index is 900. The summed E-state index contributed by atoms with van der Waals surface area (Å²) in [5, 5.41) is 3.06. The second-order valence-corrected chi connectivity index (χ2v) is 11.4. The van der Waals surface area contributed by atoms with E-state index in [4.69, 9.17) is 4.74 Å². The highest BCUT2D eigenvalue weighted by Gasteiger charge is 2.21. The van der Waals surface area contributed by atoms with Gasteiger partial charge in [-0.1, -0.05) is 98.3 Å². The van der Waals surface area contributed by atoms with Crippen molar-refractivity contribution in [3.63, 3.8) is 0 Å². The molecule has 4 nitrogen and oxygen atoms in total. The average molecular weight is 510 g/mol. The van der Waals surface area contributed by atoms with Gasteiger partial charge < -0.3 is 10.1 Å². The molecule has 1 aromatic carbocycles. The molecule has 0 bridgehead atoms. The molecule has 0 radical (unpaired) electrons. The summed E-state index contributed by atoms with van der Waals surface area (Å²) in [6.45, 7) is 13.1. The summed E-state index contributed by atoms with van der Waals surface area (Å²) in [5.74, 6) is 0.851. The Hall–Kier alpha value is -2.36. The molecule has 0 fully saturated rings. The summed E-state index contributed by atoms with van der Waals surface area (Å²) in [7, 11) is 0. The lowest BCUT2D eigenvalue weighted by atomic mass is 9.85. The number of carbonyl (C=O) groups is 1. The topological polar surface area (TPSA) is 42.2 Å². The van der Waals surface area contributed by atoms with Crippen molar-refractivity contribution >= 4 is 5.91 Å². The first-order valence-corrected chi connectivity index (χ1v) is 14.9. The van der Waals surface area contributed by atoms with Gasteiger partial charge in [0.2, 0.25) is 0 Å². The lowest BCUT2D eigenvalue weighted by Gasteiger charge is -2.23. The van der Waals surface area contributed by atoms with Gasteiger partial charge >= 0.3 is 0 Å². The van der Waals surface area contributed by atoms with E-state index in [0.717, 1.165) is 36.4 Å². The average Bonchev–Trinajstić information content (AvgIpc) is 2.89. The standard InChI is InChI=1S/C33H52N2O2/c1-6-8-9-10-11-12-13-14-15-16-17-18-25-37-31-20-19-29(26-30(31)33(3,4)5)32(36)34-27-28-21-23-35(7-2)24-22-28/h19-24,26H,6-18,25,27H2,1-5H3/p+1. The summed E-state index contributed by atoms with van der Waals surface area (Å²) in [4.78, 5) is 12.9. The molecule has 1 aromatic heterocycles. The van der Waals surface area contributed by atoms with Crippen LogP contribution in [0.25, 0.3) is 0 Å². The predicted octanol–water partition coefficient (Wildman–Crippen LogP) is 8.30. The van der Waals surface area contributed by atoms with Crippen molar-refractivity contribution < 1.29 is 14.1 Å². The van der Waals surface area contributed by atoms with Crippen LogP contribution in [0.15, 0.2) is 42.7 Å². The fraction of sp³-hybridized carbons (Fsp3) is 0.636. The molecule has 1 heterocycles. The zero-order valence-electron chi connectivity index (χ0n) is 24.4. The van der Waals surface area contributed by atoms with Crippen molar-refractivity contribution in [1.29, 1.82) is 0 Å². The summed E-state index contributed by atoms with van der Waals surface area (Å²) in [5.41, 5.74) is 2.76. The number of pyridine rings is 1. The van der Waals surface area contributed by atoms with Crippen LogP contribution in [0.1, 0.15) is 133 Å². The summed E-state index contributed by atoms with van der Waals surface area (Å²) >= 11 is 0. The van der Waals surface area contributed by atoms with Gasteiger partial charge in [0.15, 0.2) is 12.4 Å². The third-order valence-corrected chi connectivity index (χ3v) is 7.08. The molecule has 0 spiro atoms. The molecule has 4 heteroatoms. The Morgan fingerprint density at radius 1 is 0.811 bits per heavy atom. The number of amides is 1. The van der Waals surface area contributed by atoms with E-state index in [9.17, 15) is 4.79 Å². The minimum Gasteiger partial charge on any atom is -0.493 e. The highest BCUT2D eigenvalue weighted by molar-refractivity contribution is 5.94. The molecule has 2 rings (SSSR count). The third-order valence-electron chi connectivity index (χ3n) is 7.08. The number of aromatic nitrogens is 1. The number of ether oxygens (including phenoxy) is 1. The van der Waals surface area contributed by atoms with Crippen LogP contribution in [0.4, 0.5) is 0 Å². The predicted molar refractivity (Wildman–Crippen MR) is 155 cm³/mol. The van der Waals surface area contributed by atoms with Crippen molar-refractivity contribution in [2.45, 2.75) is 130 Å². The van der Waals surface area contributed by atoms with Gasteiger partial charge in [-0.25, -0.2) is 4.57 Å². The Balaban J connectivity index is 1.73. The summed E-state index contributed by atoms with van der Waals surface area (Å²) in [6, 6.07) is 9.97. The maximum absolute atomic E-state index is 12.9. The Kier molecular flexibility index (Phi) is 14.4. The molecule has 0 aliphatic heterocycles. The van der Waals surface area contributed by atoms with Crippen molar-refractivity contribution in [2.24, 2.45) is 0 Å². The molecule has 0 saturated carbocycles. The quantitative estimate of drug-likeness (QED) is 0.162. The van der Waals surface area contributed by atoms with Crippen molar-refractivity contribution in [3.05, 3.63) is 59.4 Å². The third kappa shape index (κ3) is 12.2. The normalized spacial score (nSPS) is 11.5. The molecule has 0 saturated heterocycles. The highest BCUT2D eigenvalue weighted by atomic mass is 16.5. The minimum absolute atomic E-state index is 0.0507. The molecule has 1 amide bonds. The van der Waals surface area contributed by atoms with Crippen LogP contribution in [-0.2, 0) is 18.5 Å². The van der Waals surface area contributed by atoms with Crippen LogP contribution >= 0.6 is 0 Å². The molecular weight excluding hydrogens is 456 g/mol. The number of hydrogen-bond acceptors (Lipinski definition) is 2. The molecule has 1 N–H and O–H groups in total. The molecule has 206 valence electrons. The second-order valence-electron chi connectivity index (χ2n) is 11.4. The van der Waals surface area contributed by atoms with Crippen LogP contribution in [0.2, 0.25) is 0 Å². The van der Waals surface area contributed by atoms with Crippen LogP contribution in [0, 0.1) is 0 Å². The molecule has 0 unspecified atom stereocenters. The zero-order valence-corrected chi connectivity index (χ0v) is 24.4. The smallest absolute Gasteiger partial charge is 0.251 e. The number of nitrogens with one attached hydrogen (secondary N) is 1. The van der Waals surface area contributed by atoms with E-state index in [-0.39, 0.29) is 11.3 Å². The second kappa shape index (κ2) is 17.2. The van der Waals surface area contributed by atoms with Crippen LogP contribution in [0.5, 0.6) is 5.75 Å². The van der Waals surface area contributed by atoms with Gasteiger partial charge in [-0.2, -0.15) is 0 Å². The first-order chi connectivity index (χ1) is 17.8. The van der Waals surface area contributed by atoms with E-state index in [0.29, 0.717) is 12.1 Å². The van der Waals surface area contributed by atoms with Crippen LogP contribution in [0.3, 0.4) is 0 Å². The lowest BCUT2D eigenvalue weighted by Crippen LogP contribution is -2.31. The first kappa shape index (κ1) is 30.9. The van der Waals surface area contributed by atoms with E-state index in [1.165, 1.54) is 70.6 Å². The number of hydrogen-bond donors (Lipinski definition) is 1. The summed E-state index contributed by atoms with van der Waals surface area (Å²) < 4.78 is 8.32.